The van der Waals surface area contributed by atoms with E-state index in [1.54, 1.807) is 31.5 Å². The van der Waals surface area contributed by atoms with Gasteiger partial charge in [0.25, 0.3) is 0 Å². The van der Waals surface area contributed by atoms with Gasteiger partial charge in [-0.05, 0) is 81.5 Å². The first kappa shape index (κ1) is 35.1. The minimum absolute atomic E-state index is 0.168. The van der Waals surface area contributed by atoms with E-state index in [0.717, 1.165) is 61.0 Å². The zero-order chi connectivity index (χ0) is 31.6. The molecule has 0 amide bonds. The van der Waals surface area contributed by atoms with Crippen molar-refractivity contribution in [3.8, 4) is 34.0 Å². The minimum atomic E-state index is -2.01. The molecule has 0 saturated carbocycles. The van der Waals surface area contributed by atoms with Gasteiger partial charge in [-0.15, -0.1) is 0 Å². The van der Waals surface area contributed by atoms with E-state index >= 15 is 4.39 Å². The lowest BCUT2D eigenvalue weighted by Crippen LogP contribution is -2.34. The van der Waals surface area contributed by atoms with Gasteiger partial charge >= 0.3 is 5.97 Å². The number of ether oxygens (including phenoxy) is 2. The maximum absolute atomic E-state index is 15.0. The van der Waals surface area contributed by atoms with Crippen LogP contribution in [-0.2, 0) is 4.79 Å². The summed E-state index contributed by atoms with van der Waals surface area (Å²) >= 11 is 0. The number of unbranched alkanes of at least 4 members (excludes halogenated alkanes) is 10. The molecule has 0 aliphatic heterocycles. The van der Waals surface area contributed by atoms with E-state index in [1.165, 1.54) is 39.0 Å². The summed E-state index contributed by atoms with van der Waals surface area (Å²) in [6.07, 6.45) is 16.4. The summed E-state index contributed by atoms with van der Waals surface area (Å²) in [5.41, 5.74) is 0.553. The van der Waals surface area contributed by atoms with Gasteiger partial charge < -0.3 is 9.47 Å². The van der Waals surface area contributed by atoms with E-state index in [9.17, 15) is 9.18 Å². The van der Waals surface area contributed by atoms with E-state index < -0.39 is 17.8 Å². The summed E-state index contributed by atoms with van der Waals surface area (Å²) in [5.74, 6) is 0.860. The van der Waals surface area contributed by atoms with Crippen LogP contribution in [0.2, 0.25) is 0 Å². The van der Waals surface area contributed by atoms with Gasteiger partial charge in [0.1, 0.15) is 11.5 Å². The van der Waals surface area contributed by atoms with E-state index in [4.69, 9.17) is 9.47 Å². The Morgan fingerprint density at radius 1 is 0.750 bits per heavy atom. The van der Waals surface area contributed by atoms with Crippen LogP contribution >= 0.6 is 0 Å². The number of halogens is 2. The molecule has 2 atom stereocenters. The van der Waals surface area contributed by atoms with Crippen molar-refractivity contribution in [1.29, 1.82) is 0 Å². The molecule has 5 nitrogen and oxygen atoms in total. The summed E-state index contributed by atoms with van der Waals surface area (Å²) < 4.78 is 39.0. The normalized spacial score (nSPS) is 13.3. The van der Waals surface area contributed by atoms with Crippen LogP contribution in [0.1, 0.15) is 111 Å². The largest absolute Gasteiger partial charge is 0.494 e. The molecule has 0 radical (unpaired) electrons. The smallest absolute Gasteiger partial charge is 0.348 e. The maximum atomic E-state index is 15.0. The zero-order valence-electron chi connectivity index (χ0n) is 26.8. The third-order valence-electron chi connectivity index (χ3n) is 7.85. The van der Waals surface area contributed by atoms with Gasteiger partial charge in [0.05, 0.1) is 12.8 Å². The molecular formula is C37H50F2N2O3. The fourth-order valence-electron chi connectivity index (χ4n) is 5.02. The predicted molar refractivity (Wildman–Crippen MR) is 174 cm³/mol. The van der Waals surface area contributed by atoms with Crippen LogP contribution in [0.5, 0.6) is 11.5 Å². The van der Waals surface area contributed by atoms with Crippen molar-refractivity contribution in [2.24, 2.45) is 0 Å². The van der Waals surface area contributed by atoms with Gasteiger partial charge in [0, 0.05) is 23.5 Å². The number of esters is 1. The summed E-state index contributed by atoms with van der Waals surface area (Å²) in [4.78, 5) is 21.5. The van der Waals surface area contributed by atoms with Gasteiger partial charge in [-0.2, -0.15) is 0 Å². The van der Waals surface area contributed by atoms with Crippen LogP contribution in [0, 0.1) is 0 Å². The van der Waals surface area contributed by atoms with Gasteiger partial charge in [-0.25, -0.2) is 23.5 Å². The third kappa shape index (κ3) is 12.7. The van der Waals surface area contributed by atoms with Crippen LogP contribution in [0.25, 0.3) is 22.5 Å². The second kappa shape index (κ2) is 19.1. The van der Waals surface area contributed by atoms with Crippen molar-refractivity contribution < 1.29 is 23.0 Å². The molecule has 0 bridgehead atoms. The zero-order valence-corrected chi connectivity index (χ0v) is 26.8. The SMILES string of the molecule is CCCCCCCCCC[C@](C)(F)C(=O)Oc1ccc(-c2cnc(-c3ccc(OCCCCCC[C@H](C)F)cc3)nc2)cc1. The van der Waals surface area contributed by atoms with Crippen molar-refractivity contribution in [2.45, 2.75) is 123 Å². The number of benzene rings is 2. The molecule has 3 aromatic rings. The Bertz CT molecular complexity index is 1210. The van der Waals surface area contributed by atoms with E-state index in [-0.39, 0.29) is 6.42 Å². The Labute approximate surface area is 262 Å². The lowest BCUT2D eigenvalue weighted by molar-refractivity contribution is -0.147. The molecule has 0 unspecified atom stereocenters. The number of rotatable bonds is 21. The lowest BCUT2D eigenvalue weighted by atomic mass is 9.99. The van der Waals surface area contributed by atoms with E-state index in [0.29, 0.717) is 31.0 Å². The van der Waals surface area contributed by atoms with Crippen LogP contribution in [0.4, 0.5) is 8.78 Å². The second-order valence-electron chi connectivity index (χ2n) is 12.0. The maximum Gasteiger partial charge on any atom is 0.348 e. The van der Waals surface area contributed by atoms with Crippen LogP contribution in [-0.4, -0.2) is 34.4 Å². The number of hydrogen-bond acceptors (Lipinski definition) is 5. The Hall–Kier alpha value is -3.35. The number of alkyl halides is 2. The standard InChI is InChI=1S/C37H50F2N2O3/c1-4-5-6-7-8-9-11-14-25-37(3,39)36(42)44-34-23-17-30(18-24-34)32-27-40-35(41-28-32)31-19-21-33(22-20-31)43-26-15-12-10-13-16-29(2)38/h17-24,27-29H,4-16,25-26H2,1-3H3/t29-,37-/m0/s1. The topological polar surface area (TPSA) is 61.3 Å². The van der Waals surface area contributed by atoms with Crippen LogP contribution in [0.3, 0.4) is 0 Å². The fourth-order valence-corrected chi connectivity index (χ4v) is 5.02. The highest BCUT2D eigenvalue weighted by Gasteiger charge is 2.34. The van der Waals surface area contributed by atoms with E-state index in [2.05, 4.69) is 16.9 Å². The fraction of sp³-hybridized carbons (Fsp3) is 0.541. The Morgan fingerprint density at radius 3 is 1.93 bits per heavy atom. The molecule has 3 rings (SSSR count). The highest BCUT2D eigenvalue weighted by Crippen LogP contribution is 2.27. The average molecular weight is 609 g/mol. The minimum Gasteiger partial charge on any atom is -0.494 e. The monoisotopic (exact) mass is 608 g/mol. The predicted octanol–water partition coefficient (Wildman–Crippen LogP) is 10.7. The molecule has 7 heteroatoms. The molecular weight excluding hydrogens is 558 g/mol. The van der Waals surface area contributed by atoms with Gasteiger partial charge in [0.2, 0.25) is 5.67 Å². The molecule has 0 N–H and O–H groups in total. The number of carbonyl (C=O) groups excluding carboxylic acids is 1. The summed E-state index contributed by atoms with van der Waals surface area (Å²) in [7, 11) is 0. The number of hydrogen-bond donors (Lipinski definition) is 0. The third-order valence-corrected chi connectivity index (χ3v) is 7.85. The molecule has 1 aromatic heterocycles. The molecule has 0 aliphatic carbocycles. The highest BCUT2D eigenvalue weighted by atomic mass is 19.1. The first-order valence-corrected chi connectivity index (χ1v) is 16.5. The highest BCUT2D eigenvalue weighted by molar-refractivity contribution is 5.81. The van der Waals surface area contributed by atoms with Crippen molar-refractivity contribution >= 4 is 5.97 Å². The average Bonchev–Trinajstić information content (AvgIpc) is 3.02. The number of nitrogens with zero attached hydrogens (tertiary/aromatic N) is 2. The Morgan fingerprint density at radius 2 is 1.30 bits per heavy atom. The van der Waals surface area contributed by atoms with Crippen molar-refractivity contribution in [3.05, 3.63) is 60.9 Å². The van der Waals surface area contributed by atoms with Gasteiger partial charge in [-0.1, -0.05) is 83.3 Å². The number of aromatic nitrogens is 2. The lowest BCUT2D eigenvalue weighted by Gasteiger charge is -2.18. The van der Waals surface area contributed by atoms with Crippen molar-refractivity contribution in [2.75, 3.05) is 6.61 Å². The van der Waals surface area contributed by atoms with Gasteiger partial charge in [0.15, 0.2) is 5.82 Å². The molecule has 2 aromatic carbocycles. The van der Waals surface area contributed by atoms with Crippen molar-refractivity contribution in [3.63, 3.8) is 0 Å². The van der Waals surface area contributed by atoms with Crippen LogP contribution in [0.15, 0.2) is 60.9 Å². The second-order valence-corrected chi connectivity index (χ2v) is 12.0. The molecule has 240 valence electrons. The molecule has 44 heavy (non-hydrogen) atoms. The summed E-state index contributed by atoms with van der Waals surface area (Å²) in [6, 6.07) is 14.6. The summed E-state index contributed by atoms with van der Waals surface area (Å²) in [6.45, 7) is 5.76. The van der Waals surface area contributed by atoms with Crippen molar-refractivity contribution in [1.82, 2.24) is 9.97 Å². The first-order chi connectivity index (χ1) is 21.3. The molecule has 0 fully saturated rings. The first-order valence-electron chi connectivity index (χ1n) is 16.5. The molecule has 1 heterocycles. The quantitative estimate of drug-likeness (QED) is 0.0684. The molecule has 0 saturated heterocycles. The van der Waals surface area contributed by atoms with Gasteiger partial charge in [-0.3, -0.25) is 0 Å². The van der Waals surface area contributed by atoms with E-state index in [1.807, 2.05) is 36.4 Å². The Balaban J connectivity index is 1.42. The summed E-state index contributed by atoms with van der Waals surface area (Å²) in [5, 5.41) is 0. The molecule has 0 aliphatic rings. The number of carbonyl (C=O) groups is 1. The van der Waals surface area contributed by atoms with Crippen LogP contribution < -0.4 is 9.47 Å². The Kier molecular flexibility index (Phi) is 15.3. The molecule has 0 spiro atoms.